The Morgan fingerprint density at radius 1 is 1.29 bits per heavy atom. The van der Waals surface area contributed by atoms with Gasteiger partial charge in [-0.2, -0.15) is 0 Å². The van der Waals surface area contributed by atoms with E-state index in [0.717, 1.165) is 45.1 Å². The lowest BCUT2D eigenvalue weighted by Gasteiger charge is -2.31. The summed E-state index contributed by atoms with van der Waals surface area (Å²) in [5, 5.41) is 8.98. The number of unbranched alkanes of at least 4 members (excludes halogenated alkanes) is 1. The normalized spacial score (nSPS) is 18.0. The number of nitrogens with zero attached hydrogens (tertiary/aromatic N) is 1. The van der Waals surface area contributed by atoms with Crippen LogP contribution in [0.3, 0.4) is 0 Å². The molecule has 0 unspecified atom stereocenters. The van der Waals surface area contributed by atoms with Gasteiger partial charge in [0.25, 0.3) is 0 Å². The highest BCUT2D eigenvalue weighted by molar-refractivity contribution is 5.87. The lowest BCUT2D eigenvalue weighted by atomic mass is 9.81. The Labute approximate surface area is 103 Å². The Morgan fingerprint density at radius 3 is 2.35 bits per heavy atom. The summed E-state index contributed by atoms with van der Waals surface area (Å²) in [6, 6.07) is 0. The standard InChI is InChI=1S/C13H23NO3/c1-3-4-9-14(2)12(17)13(10-11(15)16)7-5-6-8-13/h3-10H2,1-2H3,(H,15,16). The number of carbonyl (C=O) groups excluding carboxylic acids is 1. The molecule has 1 fully saturated rings. The fourth-order valence-corrected chi connectivity index (χ4v) is 2.71. The van der Waals surface area contributed by atoms with Gasteiger partial charge in [-0.05, 0) is 19.3 Å². The van der Waals surface area contributed by atoms with E-state index in [1.54, 1.807) is 11.9 Å². The number of carbonyl (C=O) groups is 2. The average Bonchev–Trinajstić information content (AvgIpc) is 2.73. The largest absolute Gasteiger partial charge is 0.481 e. The van der Waals surface area contributed by atoms with Gasteiger partial charge in [0.1, 0.15) is 0 Å². The summed E-state index contributed by atoms with van der Waals surface area (Å²) in [6.07, 6.45) is 5.42. The van der Waals surface area contributed by atoms with Gasteiger partial charge < -0.3 is 10.0 Å². The van der Waals surface area contributed by atoms with Crippen molar-refractivity contribution in [3.8, 4) is 0 Å². The first-order valence-corrected chi connectivity index (χ1v) is 6.49. The Balaban J connectivity index is 2.69. The first kappa shape index (κ1) is 14.0. The second-order valence-electron chi connectivity index (χ2n) is 5.14. The first-order chi connectivity index (χ1) is 8.02. The average molecular weight is 241 g/mol. The van der Waals surface area contributed by atoms with Crippen molar-refractivity contribution in [1.29, 1.82) is 0 Å². The van der Waals surface area contributed by atoms with Crippen LogP contribution in [-0.4, -0.2) is 35.5 Å². The number of aliphatic carboxylic acids is 1. The first-order valence-electron chi connectivity index (χ1n) is 6.49. The maximum absolute atomic E-state index is 12.4. The predicted octanol–water partition coefficient (Wildman–Crippen LogP) is 2.28. The molecule has 1 amide bonds. The van der Waals surface area contributed by atoms with Crippen molar-refractivity contribution >= 4 is 11.9 Å². The van der Waals surface area contributed by atoms with Gasteiger partial charge in [0, 0.05) is 13.6 Å². The smallest absolute Gasteiger partial charge is 0.304 e. The van der Waals surface area contributed by atoms with Gasteiger partial charge in [-0.25, -0.2) is 0 Å². The van der Waals surface area contributed by atoms with Crippen LogP contribution >= 0.6 is 0 Å². The lowest BCUT2D eigenvalue weighted by molar-refractivity contribution is -0.149. The van der Waals surface area contributed by atoms with Crippen LogP contribution in [0.25, 0.3) is 0 Å². The highest BCUT2D eigenvalue weighted by atomic mass is 16.4. The molecule has 1 rings (SSSR count). The molecule has 0 aromatic carbocycles. The Bertz CT molecular complexity index is 282. The number of rotatable bonds is 6. The molecule has 17 heavy (non-hydrogen) atoms. The fourth-order valence-electron chi connectivity index (χ4n) is 2.71. The highest BCUT2D eigenvalue weighted by Crippen LogP contribution is 2.42. The van der Waals surface area contributed by atoms with Crippen molar-refractivity contribution < 1.29 is 14.7 Å². The van der Waals surface area contributed by atoms with Crippen LogP contribution in [0.2, 0.25) is 0 Å². The molecular formula is C13H23NO3. The third-order valence-corrected chi connectivity index (χ3v) is 3.70. The molecule has 0 spiro atoms. The Morgan fingerprint density at radius 2 is 1.88 bits per heavy atom. The summed E-state index contributed by atoms with van der Waals surface area (Å²) in [4.78, 5) is 25.0. The van der Waals surface area contributed by atoms with E-state index in [0.29, 0.717) is 0 Å². The minimum atomic E-state index is -0.857. The van der Waals surface area contributed by atoms with E-state index in [9.17, 15) is 9.59 Å². The molecule has 1 aliphatic rings. The van der Waals surface area contributed by atoms with Gasteiger partial charge in [0.05, 0.1) is 11.8 Å². The van der Waals surface area contributed by atoms with E-state index < -0.39 is 11.4 Å². The molecule has 1 N–H and O–H groups in total. The van der Waals surface area contributed by atoms with E-state index in [1.165, 1.54) is 0 Å². The molecule has 0 aromatic rings. The molecular weight excluding hydrogens is 218 g/mol. The molecule has 0 atom stereocenters. The van der Waals surface area contributed by atoms with Crippen molar-refractivity contribution in [1.82, 2.24) is 4.90 Å². The van der Waals surface area contributed by atoms with Crippen LogP contribution in [0.15, 0.2) is 0 Å². The van der Waals surface area contributed by atoms with Crippen molar-refractivity contribution in [3.05, 3.63) is 0 Å². The second-order valence-corrected chi connectivity index (χ2v) is 5.14. The van der Waals surface area contributed by atoms with Gasteiger partial charge in [-0.15, -0.1) is 0 Å². The minimum absolute atomic E-state index is 0.0116. The van der Waals surface area contributed by atoms with Crippen LogP contribution in [0.4, 0.5) is 0 Å². The predicted molar refractivity (Wildman–Crippen MR) is 65.7 cm³/mol. The SMILES string of the molecule is CCCCN(C)C(=O)C1(CC(=O)O)CCCC1. The second kappa shape index (κ2) is 6.03. The van der Waals surface area contributed by atoms with E-state index in [1.807, 2.05) is 0 Å². The topological polar surface area (TPSA) is 57.6 Å². The summed E-state index contributed by atoms with van der Waals surface area (Å²) in [5.41, 5.74) is -0.617. The molecule has 0 aromatic heterocycles. The summed E-state index contributed by atoms with van der Waals surface area (Å²) < 4.78 is 0. The number of hydrogen-bond donors (Lipinski definition) is 1. The van der Waals surface area contributed by atoms with Crippen LogP contribution in [0.1, 0.15) is 51.9 Å². The molecule has 1 saturated carbocycles. The van der Waals surface area contributed by atoms with Crippen LogP contribution in [-0.2, 0) is 9.59 Å². The zero-order chi connectivity index (χ0) is 12.9. The van der Waals surface area contributed by atoms with Gasteiger partial charge in [-0.1, -0.05) is 26.2 Å². The van der Waals surface area contributed by atoms with E-state index in [4.69, 9.17) is 5.11 Å². The zero-order valence-corrected chi connectivity index (χ0v) is 10.9. The number of carboxylic acids is 1. The van der Waals surface area contributed by atoms with Crippen LogP contribution in [0, 0.1) is 5.41 Å². The summed E-state index contributed by atoms with van der Waals surface area (Å²) in [5.74, 6) is -0.824. The molecule has 1 aliphatic carbocycles. The molecule has 0 aliphatic heterocycles. The third kappa shape index (κ3) is 3.45. The molecule has 0 bridgehead atoms. The highest BCUT2D eigenvalue weighted by Gasteiger charge is 2.44. The van der Waals surface area contributed by atoms with Crippen molar-refractivity contribution in [2.45, 2.75) is 51.9 Å². The van der Waals surface area contributed by atoms with E-state index in [2.05, 4.69) is 6.92 Å². The number of amides is 1. The summed E-state index contributed by atoms with van der Waals surface area (Å²) >= 11 is 0. The minimum Gasteiger partial charge on any atom is -0.481 e. The van der Waals surface area contributed by atoms with Crippen molar-refractivity contribution in [2.75, 3.05) is 13.6 Å². The van der Waals surface area contributed by atoms with E-state index >= 15 is 0 Å². The molecule has 0 saturated heterocycles. The Hall–Kier alpha value is -1.06. The molecule has 0 radical (unpaired) electrons. The zero-order valence-electron chi connectivity index (χ0n) is 10.9. The van der Waals surface area contributed by atoms with E-state index in [-0.39, 0.29) is 12.3 Å². The van der Waals surface area contributed by atoms with Gasteiger partial charge in [0.2, 0.25) is 5.91 Å². The maximum Gasteiger partial charge on any atom is 0.304 e. The van der Waals surface area contributed by atoms with Crippen molar-refractivity contribution in [3.63, 3.8) is 0 Å². The number of hydrogen-bond acceptors (Lipinski definition) is 2. The van der Waals surface area contributed by atoms with Crippen LogP contribution < -0.4 is 0 Å². The fraction of sp³-hybridized carbons (Fsp3) is 0.846. The number of carboxylic acid groups (broad SMARTS) is 1. The molecule has 4 nitrogen and oxygen atoms in total. The molecule has 0 heterocycles. The van der Waals surface area contributed by atoms with Crippen LogP contribution in [0.5, 0.6) is 0 Å². The third-order valence-electron chi connectivity index (χ3n) is 3.70. The lowest BCUT2D eigenvalue weighted by Crippen LogP contribution is -2.42. The Kier molecular flexibility index (Phi) is 4.97. The molecule has 4 heteroatoms. The molecule has 98 valence electrons. The quantitative estimate of drug-likeness (QED) is 0.776. The van der Waals surface area contributed by atoms with Gasteiger partial charge >= 0.3 is 5.97 Å². The van der Waals surface area contributed by atoms with Gasteiger partial charge in [-0.3, -0.25) is 9.59 Å². The maximum atomic E-state index is 12.4. The summed E-state index contributed by atoms with van der Waals surface area (Å²) in [6.45, 7) is 2.82. The monoisotopic (exact) mass is 241 g/mol. The van der Waals surface area contributed by atoms with Gasteiger partial charge in [0.15, 0.2) is 0 Å². The summed E-state index contributed by atoms with van der Waals surface area (Å²) in [7, 11) is 1.79. The van der Waals surface area contributed by atoms with Crippen molar-refractivity contribution in [2.24, 2.45) is 5.41 Å².